The normalized spacial score (nSPS) is 4.33. The van der Waals surface area contributed by atoms with Gasteiger partial charge in [-0.2, -0.15) is 0 Å². The van der Waals surface area contributed by atoms with Crippen molar-refractivity contribution in [2.45, 2.75) is 68.2 Å². The van der Waals surface area contributed by atoms with Crippen molar-refractivity contribution in [1.29, 1.82) is 0 Å². The Hall–Kier alpha value is -0.260. The van der Waals surface area contributed by atoms with Crippen LogP contribution < -0.4 is 0 Å². The molecule has 0 aliphatic rings. The fourth-order valence-corrected chi connectivity index (χ4v) is 0. The van der Waals surface area contributed by atoms with Crippen LogP contribution in [0.5, 0.6) is 0 Å². The summed E-state index contributed by atoms with van der Waals surface area (Å²) in [6.45, 7) is 22.4. The van der Waals surface area contributed by atoms with Gasteiger partial charge >= 0.3 is 0 Å². The average Bonchev–Trinajstić information content (AvgIpc) is 2.29. The van der Waals surface area contributed by atoms with E-state index in [-0.39, 0.29) is 0 Å². The molecule has 0 rings (SSSR count). The molecule has 0 fully saturated rings. The summed E-state index contributed by atoms with van der Waals surface area (Å²) in [7, 11) is 0. The molecule has 0 heterocycles. The molecule has 0 amide bonds. The predicted molar refractivity (Wildman–Crippen MR) is 65.9 cm³/mol. The maximum atomic E-state index is 3.00. The van der Waals surface area contributed by atoms with Gasteiger partial charge in [-0.25, -0.2) is 0 Å². The van der Waals surface area contributed by atoms with E-state index in [0.29, 0.717) is 0 Å². The summed E-state index contributed by atoms with van der Waals surface area (Å²) in [4.78, 5) is 0. The molecule has 0 aromatic carbocycles. The molecule has 0 aromatic rings. The first-order chi connectivity index (χ1) is 5.91. The smallest absolute Gasteiger partial charge is 0.0564 e. The Morgan fingerprint density at radius 3 is 0.667 bits per heavy atom. The first kappa shape index (κ1) is 29.8. The van der Waals surface area contributed by atoms with Crippen molar-refractivity contribution in [2.75, 3.05) is 0 Å². The molecule has 0 heteroatoms. The Balaban J connectivity index is -0.0000000181. The van der Waals surface area contributed by atoms with E-state index in [1.165, 1.54) is 12.8 Å². The lowest BCUT2D eigenvalue weighted by molar-refractivity contribution is 0.886. The van der Waals surface area contributed by atoms with Gasteiger partial charge in [-0.15, -0.1) is 13.2 Å². The van der Waals surface area contributed by atoms with Crippen LogP contribution >= 0.6 is 0 Å². The van der Waals surface area contributed by atoms with E-state index >= 15 is 0 Å². The quantitative estimate of drug-likeness (QED) is 0.450. The summed E-state index contributed by atoms with van der Waals surface area (Å²) in [5.74, 6) is 0. The Kier molecular flexibility index (Phi) is 836. The van der Waals surface area contributed by atoms with E-state index in [0.717, 1.165) is 0 Å². The maximum Gasteiger partial charge on any atom is -0.0564 e. The molecule has 0 aromatic heterocycles. The minimum Gasteiger partial charge on any atom is -0.106 e. The number of rotatable bonds is 1. The Morgan fingerprint density at radius 1 is 0.583 bits per heavy atom. The minimum atomic E-state index is 1.32. The fraction of sp³-hybridized carbons (Fsp3) is 0.833. The maximum absolute atomic E-state index is 3.00. The highest BCUT2D eigenvalue weighted by Gasteiger charge is 1.56. The van der Waals surface area contributed by atoms with Gasteiger partial charge in [-0.1, -0.05) is 68.2 Å². The molecular formula is C12H32. The van der Waals surface area contributed by atoms with Crippen molar-refractivity contribution in [2.24, 2.45) is 0 Å². The lowest BCUT2D eigenvalue weighted by Crippen LogP contribution is -1.47. The molecule has 0 N–H and O–H groups in total. The van der Waals surface area contributed by atoms with Crippen molar-refractivity contribution in [3.63, 3.8) is 0 Å². The minimum absolute atomic E-state index is 1.32. The van der Waals surface area contributed by atoms with Gasteiger partial charge in [-0.3, -0.25) is 0 Å². The standard InChI is InChI=1S/C4H10.3C2H6.C2H4/c1-3-4-2;4*1-2/h3-4H2,1-2H3;3*1-2H3;1-2H2. The summed E-state index contributed by atoms with van der Waals surface area (Å²) in [5, 5.41) is 0. The van der Waals surface area contributed by atoms with Gasteiger partial charge in [0.15, 0.2) is 0 Å². The average molecular weight is 176 g/mol. The zero-order chi connectivity index (χ0) is 11.4. The summed E-state index contributed by atoms with van der Waals surface area (Å²) in [5.41, 5.74) is 0. The lowest BCUT2D eigenvalue weighted by Gasteiger charge is -1.68. The topological polar surface area (TPSA) is 0 Å². The lowest BCUT2D eigenvalue weighted by atomic mass is 10.4. The van der Waals surface area contributed by atoms with Gasteiger partial charge in [-0.05, 0) is 0 Å². The van der Waals surface area contributed by atoms with E-state index in [9.17, 15) is 0 Å². The molecule has 0 bridgehead atoms. The van der Waals surface area contributed by atoms with Gasteiger partial charge in [0, 0.05) is 0 Å². The van der Waals surface area contributed by atoms with Crippen LogP contribution in [0.25, 0.3) is 0 Å². The molecule has 80 valence electrons. The predicted octanol–water partition coefficient (Wildman–Crippen LogP) is 5.69. The summed E-state index contributed by atoms with van der Waals surface area (Å²) >= 11 is 0. The third kappa shape index (κ3) is 1360. The van der Waals surface area contributed by atoms with Crippen LogP contribution in [0.4, 0.5) is 0 Å². The van der Waals surface area contributed by atoms with Gasteiger partial charge < -0.3 is 0 Å². The summed E-state index contributed by atoms with van der Waals surface area (Å²) in [6.07, 6.45) is 2.64. The Bertz CT molecular complexity index is 7.51. The van der Waals surface area contributed by atoms with E-state index in [4.69, 9.17) is 0 Å². The second-order valence-corrected chi connectivity index (χ2v) is 1.000. The van der Waals surface area contributed by atoms with Crippen molar-refractivity contribution < 1.29 is 0 Å². The number of hydrogen-bond donors (Lipinski definition) is 0. The number of hydrogen-bond acceptors (Lipinski definition) is 0. The van der Waals surface area contributed by atoms with E-state index in [2.05, 4.69) is 27.0 Å². The van der Waals surface area contributed by atoms with Crippen LogP contribution in [0.3, 0.4) is 0 Å². The molecule has 0 aliphatic carbocycles. The first-order valence-electron chi connectivity index (χ1n) is 5.41. The van der Waals surface area contributed by atoms with Crippen molar-refractivity contribution in [1.82, 2.24) is 0 Å². The second-order valence-electron chi connectivity index (χ2n) is 1.000. The third-order valence-corrected chi connectivity index (χ3v) is 0.500. The van der Waals surface area contributed by atoms with Crippen molar-refractivity contribution >= 4 is 0 Å². The highest BCUT2D eigenvalue weighted by molar-refractivity contribution is 4.22. The molecule has 0 saturated heterocycles. The Morgan fingerprint density at radius 2 is 0.667 bits per heavy atom. The SMILES string of the molecule is C=C.CC.CC.CC.CCCC. The van der Waals surface area contributed by atoms with Crippen molar-refractivity contribution in [3.05, 3.63) is 13.2 Å². The summed E-state index contributed by atoms with van der Waals surface area (Å²) < 4.78 is 0. The van der Waals surface area contributed by atoms with E-state index < -0.39 is 0 Å². The van der Waals surface area contributed by atoms with Gasteiger partial charge in [0.25, 0.3) is 0 Å². The molecule has 0 unspecified atom stereocenters. The highest BCUT2D eigenvalue weighted by Crippen LogP contribution is 1.76. The van der Waals surface area contributed by atoms with Crippen LogP contribution in [-0.4, -0.2) is 0 Å². The zero-order valence-corrected chi connectivity index (χ0v) is 10.8. The van der Waals surface area contributed by atoms with Crippen LogP contribution in [-0.2, 0) is 0 Å². The van der Waals surface area contributed by atoms with Crippen LogP contribution in [0.1, 0.15) is 68.2 Å². The largest absolute Gasteiger partial charge is 0.106 e. The highest BCUT2D eigenvalue weighted by atomic mass is 13.6. The molecule has 0 atom stereocenters. The molecule has 0 radical (unpaired) electrons. The van der Waals surface area contributed by atoms with E-state index in [1.807, 2.05) is 41.5 Å². The molecule has 0 nitrogen and oxygen atoms in total. The van der Waals surface area contributed by atoms with Gasteiger partial charge in [0.2, 0.25) is 0 Å². The molecule has 12 heavy (non-hydrogen) atoms. The number of unbranched alkanes of at least 4 members (excludes halogenated alkanes) is 1. The van der Waals surface area contributed by atoms with Crippen molar-refractivity contribution in [3.8, 4) is 0 Å². The monoisotopic (exact) mass is 176 g/mol. The molecular weight excluding hydrogens is 144 g/mol. The molecule has 0 saturated carbocycles. The van der Waals surface area contributed by atoms with Crippen LogP contribution in [0.15, 0.2) is 13.2 Å². The zero-order valence-electron chi connectivity index (χ0n) is 10.8. The van der Waals surface area contributed by atoms with Crippen LogP contribution in [0.2, 0.25) is 0 Å². The fourth-order valence-electron chi connectivity index (χ4n) is 0. The third-order valence-electron chi connectivity index (χ3n) is 0.500. The first-order valence-corrected chi connectivity index (χ1v) is 5.41. The Labute approximate surface area is 82.1 Å². The molecule has 0 aliphatic heterocycles. The summed E-state index contributed by atoms with van der Waals surface area (Å²) in [6, 6.07) is 0. The molecule has 0 spiro atoms. The van der Waals surface area contributed by atoms with Gasteiger partial charge in [0.05, 0.1) is 0 Å². The van der Waals surface area contributed by atoms with E-state index in [1.54, 1.807) is 0 Å². The van der Waals surface area contributed by atoms with Gasteiger partial charge in [0.1, 0.15) is 0 Å². The second kappa shape index (κ2) is 337. The van der Waals surface area contributed by atoms with Crippen LogP contribution in [0, 0.1) is 0 Å².